The van der Waals surface area contributed by atoms with Crippen molar-refractivity contribution in [1.29, 1.82) is 0 Å². The number of hydrogen-bond donors (Lipinski definition) is 2. The van der Waals surface area contributed by atoms with E-state index in [0.29, 0.717) is 54.0 Å². The maximum Gasteiger partial charge on any atom is 0.338 e. The lowest BCUT2D eigenvalue weighted by atomic mass is 9.85. The number of piperazine rings is 1. The molecule has 0 saturated carbocycles. The highest BCUT2D eigenvalue weighted by Gasteiger charge is 2.42. The van der Waals surface area contributed by atoms with E-state index in [0.717, 1.165) is 6.07 Å². The number of hydrogen-bond acceptors (Lipinski definition) is 11. The molecule has 3 aliphatic heterocycles. The zero-order chi connectivity index (χ0) is 38.3. The fourth-order valence-corrected chi connectivity index (χ4v) is 7.48. The third-order valence-corrected chi connectivity index (χ3v) is 10.8. The number of anilines is 1. The fraction of sp³-hybridized carbons (Fsp3) is 0.297. The van der Waals surface area contributed by atoms with E-state index in [1.165, 1.54) is 74.9 Å². The quantitative estimate of drug-likeness (QED) is 0.190. The Hall–Kier alpha value is -5.45. The molecule has 0 aliphatic carbocycles. The van der Waals surface area contributed by atoms with Gasteiger partial charge in [-0.3, -0.25) is 19.6 Å². The zero-order valence-corrected chi connectivity index (χ0v) is 30.8. The Morgan fingerprint density at radius 3 is 2.57 bits per heavy atom. The van der Waals surface area contributed by atoms with Crippen LogP contribution in [-0.2, 0) is 19.7 Å². The van der Waals surface area contributed by atoms with Crippen LogP contribution in [0, 0.1) is 11.6 Å². The van der Waals surface area contributed by atoms with Crippen LogP contribution in [0.1, 0.15) is 36.0 Å². The molecule has 280 valence electrons. The second kappa shape index (κ2) is 14.8. The van der Waals surface area contributed by atoms with Gasteiger partial charge in [-0.1, -0.05) is 23.7 Å². The molecular formula is C37H34ClF2N7O6S. The normalized spacial score (nSPS) is 19.0. The monoisotopic (exact) mass is 777 g/mol. The topological polar surface area (TPSA) is 150 Å². The molecule has 2 aromatic carbocycles. The van der Waals surface area contributed by atoms with E-state index in [4.69, 9.17) is 26.1 Å². The summed E-state index contributed by atoms with van der Waals surface area (Å²) in [5.41, 5.74) is 0.714. The average Bonchev–Trinajstić information content (AvgIpc) is 3.80. The third kappa shape index (κ3) is 7.11. The van der Waals surface area contributed by atoms with Gasteiger partial charge in [-0.05, 0) is 49.7 Å². The Kier molecular flexibility index (Phi) is 10.1. The number of halogens is 3. The van der Waals surface area contributed by atoms with Gasteiger partial charge in [-0.25, -0.2) is 28.3 Å². The Labute approximate surface area is 317 Å². The first kappa shape index (κ1) is 36.9. The number of pyridine rings is 1. The minimum Gasteiger partial charge on any atom is -0.481 e. The standard InChI is InChI=1S/C37H34ClF2N7O6S/c1-37(2,35(49)50)20-4-8-28(26(40)14-20)53-29-9-6-22(16-42-29)47-18-23-17-45(11-12-46(23)36(47)51)19-27-30(34(48)52-3)31(24-7-5-21(39)15-25(24)38)44-32(43-27)33-41-10-13-54-33/h4-10,13-16,23,31H,11-12,17-19H2,1-3H3,(H,43,44)(H,49,50)/t23-,31-/m0/s1. The van der Waals surface area contributed by atoms with Crippen LogP contribution in [0.5, 0.6) is 11.6 Å². The largest absolute Gasteiger partial charge is 0.481 e. The summed E-state index contributed by atoms with van der Waals surface area (Å²) in [7, 11) is 1.28. The Morgan fingerprint density at radius 1 is 1.09 bits per heavy atom. The summed E-state index contributed by atoms with van der Waals surface area (Å²) in [5.74, 6) is -2.56. The SMILES string of the molecule is COC(=O)C1=C(CN2CCN3C(=O)N(c4ccc(Oc5ccc(C(C)(C)C(=O)O)cc5F)nc4)C[C@@H]3C2)NC(c2nccs2)=N[C@H]1c1ccc(F)cc1Cl. The lowest BCUT2D eigenvalue weighted by Crippen LogP contribution is -2.53. The number of aliphatic carboxylic acids is 1. The highest BCUT2D eigenvalue weighted by Crippen LogP contribution is 2.38. The van der Waals surface area contributed by atoms with Crippen LogP contribution in [0.3, 0.4) is 0 Å². The van der Waals surface area contributed by atoms with E-state index in [-0.39, 0.29) is 46.4 Å². The predicted octanol–water partition coefficient (Wildman–Crippen LogP) is 5.77. The van der Waals surface area contributed by atoms with Crippen molar-refractivity contribution >= 4 is 52.4 Å². The number of benzene rings is 2. The second-order valence-electron chi connectivity index (χ2n) is 13.4. The summed E-state index contributed by atoms with van der Waals surface area (Å²) in [4.78, 5) is 57.5. The number of thiazole rings is 1. The lowest BCUT2D eigenvalue weighted by molar-refractivity contribution is -0.142. The summed E-state index contributed by atoms with van der Waals surface area (Å²) < 4.78 is 39.8. The molecule has 4 aromatic rings. The smallest absolute Gasteiger partial charge is 0.338 e. The van der Waals surface area contributed by atoms with Crippen molar-refractivity contribution in [3.05, 3.63) is 110 Å². The summed E-state index contributed by atoms with van der Waals surface area (Å²) in [6.45, 7) is 5.02. The first-order valence-corrected chi connectivity index (χ1v) is 18.1. The van der Waals surface area contributed by atoms with Crippen LogP contribution in [-0.4, -0.2) is 94.6 Å². The van der Waals surface area contributed by atoms with E-state index < -0.39 is 35.0 Å². The third-order valence-electron chi connectivity index (χ3n) is 9.68. The van der Waals surface area contributed by atoms with Gasteiger partial charge in [-0.15, -0.1) is 11.3 Å². The van der Waals surface area contributed by atoms with E-state index in [1.807, 2.05) is 0 Å². The molecule has 3 aliphatic rings. The van der Waals surface area contributed by atoms with Crippen molar-refractivity contribution in [3.8, 4) is 11.6 Å². The van der Waals surface area contributed by atoms with Gasteiger partial charge in [0.05, 0.1) is 36.0 Å². The second-order valence-corrected chi connectivity index (χ2v) is 14.7. The van der Waals surface area contributed by atoms with Crippen LogP contribution in [0.4, 0.5) is 19.3 Å². The molecule has 13 nitrogen and oxygen atoms in total. The van der Waals surface area contributed by atoms with E-state index >= 15 is 0 Å². The molecule has 0 bridgehead atoms. The number of aliphatic imine (C=N–C) groups is 1. The number of urea groups is 1. The maximum atomic E-state index is 14.9. The number of carbonyl (C=O) groups is 3. The molecule has 2 amide bonds. The van der Waals surface area contributed by atoms with E-state index in [9.17, 15) is 28.3 Å². The van der Waals surface area contributed by atoms with E-state index in [1.54, 1.807) is 27.4 Å². The molecule has 2 aromatic heterocycles. The van der Waals surface area contributed by atoms with Crippen LogP contribution >= 0.6 is 22.9 Å². The van der Waals surface area contributed by atoms with Crippen molar-refractivity contribution in [2.75, 3.05) is 44.7 Å². The van der Waals surface area contributed by atoms with Crippen molar-refractivity contribution in [2.24, 2.45) is 4.99 Å². The van der Waals surface area contributed by atoms with Gasteiger partial charge in [0.2, 0.25) is 5.88 Å². The van der Waals surface area contributed by atoms with Gasteiger partial charge in [-0.2, -0.15) is 0 Å². The number of esters is 1. The number of carbonyl (C=O) groups excluding carboxylic acids is 2. The van der Waals surface area contributed by atoms with Crippen LogP contribution in [0.2, 0.25) is 5.02 Å². The molecule has 0 spiro atoms. The Balaban J connectivity index is 1.07. The Morgan fingerprint density at radius 2 is 1.91 bits per heavy atom. The molecule has 2 fully saturated rings. The minimum absolute atomic E-state index is 0.0917. The number of carboxylic acids is 1. The highest BCUT2D eigenvalue weighted by atomic mass is 35.5. The van der Waals surface area contributed by atoms with Gasteiger partial charge in [0.15, 0.2) is 22.4 Å². The summed E-state index contributed by atoms with van der Waals surface area (Å²) >= 11 is 7.86. The van der Waals surface area contributed by atoms with Crippen molar-refractivity contribution in [3.63, 3.8) is 0 Å². The lowest BCUT2D eigenvalue weighted by Gasteiger charge is -2.38. The number of methoxy groups -OCH3 is 1. The number of amidine groups is 1. The number of rotatable bonds is 10. The van der Waals surface area contributed by atoms with Gasteiger partial charge >= 0.3 is 18.0 Å². The number of nitrogens with zero attached hydrogens (tertiary/aromatic N) is 6. The first-order valence-electron chi connectivity index (χ1n) is 16.8. The predicted molar refractivity (Wildman–Crippen MR) is 196 cm³/mol. The number of carboxylic acid groups (broad SMARTS) is 1. The zero-order valence-electron chi connectivity index (χ0n) is 29.3. The number of aromatic nitrogens is 2. The summed E-state index contributed by atoms with van der Waals surface area (Å²) in [6, 6.07) is 9.84. The summed E-state index contributed by atoms with van der Waals surface area (Å²) in [6.07, 6.45) is 3.12. The van der Waals surface area contributed by atoms with Crippen molar-refractivity contribution < 1.29 is 37.7 Å². The van der Waals surface area contributed by atoms with Gasteiger partial charge in [0.25, 0.3) is 0 Å². The van der Waals surface area contributed by atoms with Crippen molar-refractivity contribution in [2.45, 2.75) is 31.3 Å². The molecule has 0 unspecified atom stereocenters. The molecule has 0 radical (unpaired) electrons. The molecule has 2 N–H and O–H groups in total. The number of nitrogens with one attached hydrogen (secondary N) is 1. The molecule has 5 heterocycles. The van der Waals surface area contributed by atoms with Crippen LogP contribution in [0.15, 0.2) is 82.6 Å². The fourth-order valence-electron chi connectivity index (χ4n) is 6.62. The first-order chi connectivity index (χ1) is 25.8. The van der Waals surface area contributed by atoms with Crippen molar-refractivity contribution in [1.82, 2.24) is 25.1 Å². The molecule has 2 atom stereocenters. The number of fused-ring (bicyclic) bond motifs is 1. The molecule has 17 heteroatoms. The highest BCUT2D eigenvalue weighted by molar-refractivity contribution is 7.11. The number of amides is 2. The molecule has 54 heavy (non-hydrogen) atoms. The minimum atomic E-state index is -1.29. The van der Waals surface area contributed by atoms with Crippen LogP contribution in [0.25, 0.3) is 0 Å². The molecule has 2 saturated heterocycles. The maximum absolute atomic E-state index is 14.9. The average molecular weight is 778 g/mol. The van der Waals surface area contributed by atoms with E-state index in [2.05, 4.69) is 20.2 Å². The number of ether oxygens (including phenoxy) is 2. The Bertz CT molecular complexity index is 2180. The molecule has 7 rings (SSSR count). The van der Waals surface area contributed by atoms with Gasteiger partial charge in [0.1, 0.15) is 11.9 Å². The van der Waals surface area contributed by atoms with Gasteiger partial charge < -0.3 is 24.8 Å². The van der Waals surface area contributed by atoms with Gasteiger partial charge in [0, 0.05) is 66.7 Å². The molecular weight excluding hydrogens is 744 g/mol. The summed E-state index contributed by atoms with van der Waals surface area (Å²) in [5, 5.41) is 15.3. The van der Waals surface area contributed by atoms with Crippen LogP contribution < -0.4 is 15.0 Å².